The van der Waals surface area contributed by atoms with Gasteiger partial charge in [0.1, 0.15) is 11.5 Å². The Balaban J connectivity index is 1.01. The van der Waals surface area contributed by atoms with Gasteiger partial charge in [-0.3, -0.25) is 4.57 Å². The van der Waals surface area contributed by atoms with Crippen molar-refractivity contribution >= 4 is 38.8 Å². The molecule has 0 atom stereocenters. The molecule has 0 bridgehead atoms. The van der Waals surface area contributed by atoms with E-state index in [2.05, 4.69) is 124 Å². The molecule has 9 rings (SSSR count). The maximum atomic E-state index is 6.50. The van der Waals surface area contributed by atoms with Crippen molar-refractivity contribution in [3.8, 4) is 28.6 Å². The number of hydrogen-bond acceptors (Lipinski definition) is 5. The van der Waals surface area contributed by atoms with E-state index in [1.807, 2.05) is 53.9 Å². The molecular weight excluding hydrogens is 580 g/mol. The van der Waals surface area contributed by atoms with Crippen LogP contribution in [0.15, 0.2) is 152 Å². The van der Waals surface area contributed by atoms with Gasteiger partial charge < -0.3 is 14.5 Å². The number of hydrogen-bond donors (Lipinski definition) is 0. The third-order valence-corrected chi connectivity index (χ3v) is 8.78. The van der Waals surface area contributed by atoms with Crippen LogP contribution < -0.4 is 14.5 Å². The third kappa shape index (κ3) is 4.76. The number of para-hydroxylation sites is 1. The van der Waals surface area contributed by atoms with Crippen molar-refractivity contribution in [3.63, 3.8) is 0 Å². The summed E-state index contributed by atoms with van der Waals surface area (Å²) in [4.78, 5) is 9.37. The normalized spacial score (nSPS) is 13.0. The Kier molecular flexibility index (Phi) is 6.28. The molecule has 8 aromatic rings. The number of aryl methyl sites for hydroxylation is 1. The van der Waals surface area contributed by atoms with Gasteiger partial charge in [0.05, 0.1) is 17.7 Å². The molecule has 7 nitrogen and oxygen atoms in total. The summed E-state index contributed by atoms with van der Waals surface area (Å²) in [5.41, 5.74) is 8.50. The summed E-state index contributed by atoms with van der Waals surface area (Å²) in [7, 11) is 0. The SMILES string of the molecule is Cc1cccc2nc(-n3c4ccccc4c4ccc(Oc5cccc(N6C=CN(c7cccc(-c8ccccc8)c7)C6)c5)cc43)nn12. The molecule has 0 spiro atoms. The van der Waals surface area contributed by atoms with Crippen molar-refractivity contribution in [2.75, 3.05) is 16.5 Å². The zero-order valence-corrected chi connectivity index (χ0v) is 25.7. The van der Waals surface area contributed by atoms with Crippen LogP contribution in [0.5, 0.6) is 11.5 Å². The summed E-state index contributed by atoms with van der Waals surface area (Å²) in [5, 5.41) is 7.15. The van der Waals surface area contributed by atoms with Gasteiger partial charge in [0, 0.05) is 52.4 Å². The van der Waals surface area contributed by atoms with E-state index in [1.165, 1.54) is 11.1 Å². The van der Waals surface area contributed by atoms with Crippen molar-refractivity contribution in [2.24, 2.45) is 0 Å². The van der Waals surface area contributed by atoms with E-state index in [0.29, 0.717) is 12.6 Å². The fourth-order valence-electron chi connectivity index (χ4n) is 6.46. The average Bonchev–Trinajstić information content (AvgIpc) is 3.86. The Labute approximate surface area is 271 Å². The molecule has 0 N–H and O–H groups in total. The summed E-state index contributed by atoms with van der Waals surface area (Å²) in [6, 6.07) is 48.0. The molecule has 226 valence electrons. The van der Waals surface area contributed by atoms with Crippen LogP contribution in [0.4, 0.5) is 11.4 Å². The van der Waals surface area contributed by atoms with Gasteiger partial charge in [-0.2, -0.15) is 4.98 Å². The van der Waals surface area contributed by atoms with Crippen LogP contribution in [0.3, 0.4) is 0 Å². The van der Waals surface area contributed by atoms with Crippen LogP contribution in [-0.4, -0.2) is 25.8 Å². The van der Waals surface area contributed by atoms with Crippen molar-refractivity contribution in [1.82, 2.24) is 19.2 Å². The van der Waals surface area contributed by atoms with Gasteiger partial charge in [-0.1, -0.05) is 72.8 Å². The lowest BCUT2D eigenvalue weighted by molar-refractivity contribution is 0.483. The van der Waals surface area contributed by atoms with Crippen molar-refractivity contribution < 1.29 is 4.74 Å². The van der Waals surface area contributed by atoms with Gasteiger partial charge in [-0.05, 0) is 72.6 Å². The van der Waals surface area contributed by atoms with Gasteiger partial charge in [-0.15, -0.1) is 5.10 Å². The molecular formula is C40H30N6O. The van der Waals surface area contributed by atoms with E-state index in [4.69, 9.17) is 14.8 Å². The number of aromatic nitrogens is 4. The van der Waals surface area contributed by atoms with Crippen molar-refractivity contribution in [1.29, 1.82) is 0 Å². The van der Waals surface area contributed by atoms with Crippen LogP contribution >= 0.6 is 0 Å². The van der Waals surface area contributed by atoms with E-state index < -0.39 is 0 Å². The highest BCUT2D eigenvalue weighted by atomic mass is 16.5. The number of rotatable bonds is 6. The highest BCUT2D eigenvalue weighted by Gasteiger charge is 2.19. The summed E-state index contributed by atoms with van der Waals surface area (Å²) < 4.78 is 10.5. The fourth-order valence-corrected chi connectivity index (χ4v) is 6.46. The molecule has 0 radical (unpaired) electrons. The third-order valence-electron chi connectivity index (χ3n) is 8.78. The minimum absolute atomic E-state index is 0.629. The van der Waals surface area contributed by atoms with Gasteiger partial charge in [0.15, 0.2) is 5.65 Å². The lowest BCUT2D eigenvalue weighted by Gasteiger charge is -2.22. The molecule has 1 aliphatic heterocycles. The highest BCUT2D eigenvalue weighted by molar-refractivity contribution is 6.09. The molecule has 5 aromatic carbocycles. The number of anilines is 2. The van der Waals surface area contributed by atoms with Gasteiger partial charge >= 0.3 is 0 Å². The van der Waals surface area contributed by atoms with E-state index in [-0.39, 0.29) is 0 Å². The summed E-state index contributed by atoms with van der Waals surface area (Å²) in [6.45, 7) is 2.75. The Bertz CT molecular complexity index is 2460. The largest absolute Gasteiger partial charge is 0.457 e. The molecule has 0 fully saturated rings. The highest BCUT2D eigenvalue weighted by Crippen LogP contribution is 2.36. The van der Waals surface area contributed by atoms with Crippen LogP contribution in [-0.2, 0) is 0 Å². The van der Waals surface area contributed by atoms with Gasteiger partial charge in [0.2, 0.25) is 0 Å². The quantitative estimate of drug-likeness (QED) is 0.188. The molecule has 0 amide bonds. The zero-order chi connectivity index (χ0) is 31.3. The van der Waals surface area contributed by atoms with Crippen molar-refractivity contribution in [2.45, 2.75) is 6.92 Å². The van der Waals surface area contributed by atoms with E-state index in [9.17, 15) is 0 Å². The molecule has 0 saturated carbocycles. The molecule has 0 aliphatic carbocycles. The predicted molar refractivity (Wildman–Crippen MR) is 189 cm³/mol. The molecule has 7 heteroatoms. The first-order valence-electron chi connectivity index (χ1n) is 15.7. The monoisotopic (exact) mass is 610 g/mol. The first-order valence-corrected chi connectivity index (χ1v) is 15.7. The molecule has 47 heavy (non-hydrogen) atoms. The number of pyridine rings is 1. The number of fused-ring (bicyclic) bond motifs is 4. The Hall–Kier alpha value is -6.34. The van der Waals surface area contributed by atoms with Gasteiger partial charge in [-0.25, -0.2) is 4.52 Å². The predicted octanol–water partition coefficient (Wildman–Crippen LogP) is 9.35. The second-order valence-electron chi connectivity index (χ2n) is 11.8. The topological polar surface area (TPSA) is 50.8 Å². The second kappa shape index (κ2) is 10.9. The van der Waals surface area contributed by atoms with Crippen LogP contribution in [0.1, 0.15) is 5.69 Å². The molecule has 0 unspecified atom stereocenters. The average molecular weight is 611 g/mol. The molecule has 3 aromatic heterocycles. The number of benzene rings is 5. The lowest BCUT2D eigenvalue weighted by Crippen LogP contribution is -2.24. The zero-order valence-electron chi connectivity index (χ0n) is 25.7. The van der Waals surface area contributed by atoms with E-state index in [1.54, 1.807) is 0 Å². The maximum absolute atomic E-state index is 6.50. The van der Waals surface area contributed by atoms with E-state index in [0.717, 1.165) is 56.0 Å². The summed E-state index contributed by atoms with van der Waals surface area (Å²) in [5.74, 6) is 2.14. The second-order valence-corrected chi connectivity index (χ2v) is 11.8. The minimum Gasteiger partial charge on any atom is -0.457 e. The lowest BCUT2D eigenvalue weighted by atomic mass is 10.1. The Morgan fingerprint density at radius 1 is 0.574 bits per heavy atom. The van der Waals surface area contributed by atoms with Crippen LogP contribution in [0.25, 0.3) is 44.5 Å². The molecule has 0 saturated heterocycles. The van der Waals surface area contributed by atoms with Gasteiger partial charge in [0.25, 0.3) is 5.95 Å². The number of nitrogens with zero attached hydrogens (tertiary/aromatic N) is 6. The van der Waals surface area contributed by atoms with Crippen molar-refractivity contribution in [3.05, 3.63) is 158 Å². The van der Waals surface area contributed by atoms with Crippen LogP contribution in [0, 0.1) is 6.92 Å². The number of ether oxygens (including phenoxy) is 1. The first-order chi connectivity index (χ1) is 23.2. The standard InChI is InChI=1S/C40H30N6O/c1-28-10-7-19-39-41-40(42-46(28)39)45-37-18-6-5-17-35(37)36-21-20-34(26-38(36)45)47-33-16-9-15-32(25-33)44-23-22-43(27-44)31-14-8-13-30(24-31)29-11-3-2-4-12-29/h2-26H,27H2,1H3. The molecule has 1 aliphatic rings. The smallest absolute Gasteiger partial charge is 0.254 e. The summed E-state index contributed by atoms with van der Waals surface area (Å²) in [6.07, 6.45) is 4.24. The van der Waals surface area contributed by atoms with Crippen LogP contribution in [0.2, 0.25) is 0 Å². The Morgan fingerprint density at radius 3 is 2.13 bits per heavy atom. The minimum atomic E-state index is 0.629. The summed E-state index contributed by atoms with van der Waals surface area (Å²) >= 11 is 0. The first kappa shape index (κ1) is 27.0. The Morgan fingerprint density at radius 2 is 1.28 bits per heavy atom. The maximum Gasteiger partial charge on any atom is 0.254 e. The fraction of sp³-hybridized carbons (Fsp3) is 0.0500. The van der Waals surface area contributed by atoms with E-state index >= 15 is 0 Å². The molecule has 4 heterocycles.